The van der Waals surface area contributed by atoms with Crippen molar-refractivity contribution in [2.45, 2.75) is 44.4 Å². The molecule has 0 radical (unpaired) electrons. The number of likely N-dealkylation sites (N-methyl/N-ethyl adjacent to an activating group) is 1. The molecule has 4 amide bonds. The standard InChI is InChI=1S/C13H20N4O5/c1-12(2,3)22-11(20)17-7-13(5-8(17)6-14-21)9(18)15-10(19)16(13)4/h8H,5-7H2,1-4H3,(H,15,18,19). The molecule has 2 heterocycles. The first-order valence-electron chi connectivity index (χ1n) is 6.99. The molecule has 9 nitrogen and oxygen atoms in total. The molecule has 0 aromatic carbocycles. The van der Waals surface area contributed by atoms with E-state index in [1.165, 1.54) is 16.8 Å². The highest BCUT2D eigenvalue weighted by Gasteiger charge is 2.59. The van der Waals surface area contributed by atoms with Crippen LogP contribution in [0.1, 0.15) is 27.2 Å². The van der Waals surface area contributed by atoms with E-state index in [2.05, 4.69) is 10.5 Å². The lowest BCUT2D eigenvalue weighted by atomic mass is 9.95. The van der Waals surface area contributed by atoms with Crippen LogP contribution >= 0.6 is 0 Å². The van der Waals surface area contributed by atoms with Crippen molar-refractivity contribution in [2.24, 2.45) is 5.18 Å². The van der Waals surface area contributed by atoms with Gasteiger partial charge in [0.15, 0.2) is 0 Å². The number of amides is 4. The van der Waals surface area contributed by atoms with Crippen molar-refractivity contribution in [1.29, 1.82) is 0 Å². The number of imide groups is 1. The summed E-state index contributed by atoms with van der Waals surface area (Å²) in [7, 11) is 1.49. The molecule has 0 aliphatic carbocycles. The molecule has 122 valence electrons. The van der Waals surface area contributed by atoms with E-state index in [0.717, 1.165) is 0 Å². The van der Waals surface area contributed by atoms with E-state index >= 15 is 0 Å². The zero-order valence-electron chi connectivity index (χ0n) is 13.1. The van der Waals surface area contributed by atoms with Crippen molar-refractivity contribution in [2.75, 3.05) is 20.1 Å². The van der Waals surface area contributed by atoms with E-state index in [1.54, 1.807) is 20.8 Å². The van der Waals surface area contributed by atoms with E-state index in [4.69, 9.17) is 4.74 Å². The Kier molecular flexibility index (Phi) is 3.84. The van der Waals surface area contributed by atoms with Crippen molar-refractivity contribution < 1.29 is 19.1 Å². The fourth-order valence-corrected chi connectivity index (χ4v) is 2.81. The molecule has 0 saturated carbocycles. The quantitative estimate of drug-likeness (QED) is 0.596. The summed E-state index contributed by atoms with van der Waals surface area (Å²) in [4.78, 5) is 49.4. The number of hydrogen-bond donors (Lipinski definition) is 1. The molecular weight excluding hydrogens is 292 g/mol. The largest absolute Gasteiger partial charge is 0.444 e. The van der Waals surface area contributed by atoms with Gasteiger partial charge in [0.1, 0.15) is 17.7 Å². The first kappa shape index (κ1) is 16.2. The first-order chi connectivity index (χ1) is 10.1. The Balaban J connectivity index is 2.27. The van der Waals surface area contributed by atoms with E-state index in [0.29, 0.717) is 0 Å². The third-order valence-electron chi connectivity index (χ3n) is 3.95. The van der Waals surface area contributed by atoms with Gasteiger partial charge in [0.05, 0.1) is 12.6 Å². The number of carbonyl (C=O) groups excluding carboxylic acids is 3. The van der Waals surface area contributed by atoms with E-state index in [-0.39, 0.29) is 19.5 Å². The topological polar surface area (TPSA) is 108 Å². The van der Waals surface area contributed by atoms with Gasteiger partial charge in [0, 0.05) is 13.5 Å². The second kappa shape index (κ2) is 5.22. The molecule has 22 heavy (non-hydrogen) atoms. The van der Waals surface area contributed by atoms with Gasteiger partial charge in [-0.05, 0) is 20.8 Å². The molecule has 2 unspecified atom stereocenters. The van der Waals surface area contributed by atoms with Crippen LogP contribution in [0.15, 0.2) is 5.18 Å². The molecule has 2 aliphatic rings. The summed E-state index contributed by atoms with van der Waals surface area (Å²) in [6.45, 7) is 5.00. The molecule has 2 atom stereocenters. The lowest BCUT2D eigenvalue weighted by molar-refractivity contribution is -0.125. The molecular formula is C13H20N4O5. The lowest BCUT2D eigenvalue weighted by Gasteiger charge is -2.29. The smallest absolute Gasteiger partial charge is 0.410 e. The summed E-state index contributed by atoms with van der Waals surface area (Å²) in [5, 5.41) is 5.07. The predicted octanol–water partition coefficient (Wildman–Crippen LogP) is 0.683. The zero-order chi connectivity index (χ0) is 16.7. The summed E-state index contributed by atoms with van der Waals surface area (Å²) in [5.74, 6) is -0.470. The van der Waals surface area contributed by atoms with Crippen molar-refractivity contribution >= 4 is 18.0 Å². The van der Waals surface area contributed by atoms with Crippen LogP contribution in [0.5, 0.6) is 0 Å². The molecule has 2 aliphatic heterocycles. The molecule has 1 spiro atoms. The summed E-state index contributed by atoms with van der Waals surface area (Å²) in [6, 6.07) is -1.10. The SMILES string of the molecule is CN1C(=O)NC(=O)C12CC(CN=O)N(C(=O)OC(C)(C)C)C2. The van der Waals surface area contributed by atoms with Crippen LogP contribution < -0.4 is 5.32 Å². The molecule has 2 fully saturated rings. The number of carbonyl (C=O) groups is 3. The molecule has 1 N–H and O–H groups in total. The Morgan fingerprint density at radius 3 is 2.55 bits per heavy atom. The molecule has 0 bridgehead atoms. The molecule has 2 rings (SSSR count). The van der Waals surface area contributed by atoms with Crippen molar-refractivity contribution in [3.63, 3.8) is 0 Å². The minimum Gasteiger partial charge on any atom is -0.444 e. The van der Waals surface area contributed by atoms with Crippen LogP contribution in [0.2, 0.25) is 0 Å². The first-order valence-corrected chi connectivity index (χ1v) is 6.99. The van der Waals surface area contributed by atoms with Gasteiger partial charge >= 0.3 is 12.1 Å². The van der Waals surface area contributed by atoms with Crippen molar-refractivity contribution in [1.82, 2.24) is 15.1 Å². The maximum Gasteiger partial charge on any atom is 0.410 e. The number of ether oxygens (including phenoxy) is 1. The third-order valence-corrected chi connectivity index (χ3v) is 3.95. The molecule has 9 heteroatoms. The lowest BCUT2D eigenvalue weighted by Crippen LogP contribution is -2.50. The van der Waals surface area contributed by atoms with Gasteiger partial charge < -0.3 is 14.5 Å². The third kappa shape index (κ3) is 2.62. The zero-order valence-corrected chi connectivity index (χ0v) is 13.1. The molecule has 2 saturated heterocycles. The highest BCUT2D eigenvalue weighted by molar-refractivity contribution is 6.07. The van der Waals surface area contributed by atoms with Gasteiger partial charge in [-0.25, -0.2) is 9.59 Å². The second-order valence-electron chi connectivity index (χ2n) is 6.63. The molecule has 0 aromatic heterocycles. The monoisotopic (exact) mass is 312 g/mol. The summed E-state index contributed by atoms with van der Waals surface area (Å²) < 4.78 is 5.31. The summed E-state index contributed by atoms with van der Waals surface area (Å²) in [5.41, 5.74) is -1.87. The molecule has 0 aromatic rings. The Bertz CT molecular complexity index is 529. The maximum absolute atomic E-state index is 12.3. The fraction of sp³-hybridized carbons (Fsp3) is 0.769. The van der Waals surface area contributed by atoms with Gasteiger partial charge in [-0.3, -0.25) is 10.1 Å². The number of nitrogens with zero attached hydrogens (tertiary/aromatic N) is 3. The van der Waals surface area contributed by atoms with Crippen LogP contribution in [-0.2, 0) is 9.53 Å². The average Bonchev–Trinajstić information content (AvgIpc) is 2.85. The number of urea groups is 1. The normalized spacial score (nSPS) is 28.3. The van der Waals surface area contributed by atoms with Gasteiger partial charge in [0.2, 0.25) is 0 Å². The second-order valence-corrected chi connectivity index (χ2v) is 6.63. The van der Waals surface area contributed by atoms with Crippen LogP contribution in [-0.4, -0.2) is 65.2 Å². The van der Waals surface area contributed by atoms with Gasteiger partial charge in [-0.1, -0.05) is 5.18 Å². The summed E-state index contributed by atoms with van der Waals surface area (Å²) in [6.07, 6.45) is -0.468. The Morgan fingerprint density at radius 2 is 2.09 bits per heavy atom. The minimum absolute atomic E-state index is 0.0177. The van der Waals surface area contributed by atoms with Gasteiger partial charge in [-0.15, -0.1) is 0 Å². The van der Waals surface area contributed by atoms with Gasteiger partial charge in [0.25, 0.3) is 5.91 Å². The fourth-order valence-electron chi connectivity index (χ4n) is 2.81. The van der Waals surface area contributed by atoms with Crippen molar-refractivity contribution in [3.8, 4) is 0 Å². The van der Waals surface area contributed by atoms with Crippen LogP contribution in [0.3, 0.4) is 0 Å². The number of nitrogens with one attached hydrogen (secondary N) is 1. The Labute approximate surface area is 127 Å². The van der Waals surface area contributed by atoms with Crippen LogP contribution in [0.25, 0.3) is 0 Å². The highest BCUT2D eigenvalue weighted by Crippen LogP contribution is 2.36. The van der Waals surface area contributed by atoms with E-state index in [9.17, 15) is 19.3 Å². The minimum atomic E-state index is -1.16. The predicted molar refractivity (Wildman–Crippen MR) is 76.0 cm³/mol. The maximum atomic E-state index is 12.3. The van der Waals surface area contributed by atoms with Crippen LogP contribution in [0.4, 0.5) is 9.59 Å². The van der Waals surface area contributed by atoms with E-state index < -0.39 is 35.2 Å². The summed E-state index contributed by atoms with van der Waals surface area (Å²) >= 11 is 0. The van der Waals surface area contributed by atoms with E-state index in [1.807, 2.05) is 0 Å². The number of rotatable bonds is 2. The highest BCUT2D eigenvalue weighted by atomic mass is 16.6. The number of hydrogen-bond acceptors (Lipinski definition) is 6. The van der Waals surface area contributed by atoms with Gasteiger partial charge in [-0.2, -0.15) is 4.91 Å². The average molecular weight is 312 g/mol. The van der Waals surface area contributed by atoms with Crippen molar-refractivity contribution in [3.05, 3.63) is 4.91 Å². The number of likely N-dealkylation sites (tertiary alicyclic amines) is 1. The Morgan fingerprint density at radius 1 is 1.45 bits per heavy atom. The van der Waals surface area contributed by atoms with Crippen LogP contribution in [0, 0.1) is 4.91 Å². The Hall–Kier alpha value is -2.19. The number of nitroso groups, excluding NO2 is 1.